The fourth-order valence-electron chi connectivity index (χ4n) is 4.04. The fourth-order valence-corrected chi connectivity index (χ4v) is 4.04. The third-order valence-electron chi connectivity index (χ3n) is 5.66. The minimum atomic E-state index is -0.775. The van der Waals surface area contributed by atoms with E-state index in [4.69, 9.17) is 24.5 Å². The summed E-state index contributed by atoms with van der Waals surface area (Å²) in [4.78, 5) is 27.1. The molecule has 35 heavy (non-hydrogen) atoms. The van der Waals surface area contributed by atoms with E-state index in [0.29, 0.717) is 0 Å². The summed E-state index contributed by atoms with van der Waals surface area (Å²) >= 11 is 0. The van der Waals surface area contributed by atoms with Crippen LogP contribution in [0, 0.1) is 0 Å². The van der Waals surface area contributed by atoms with Crippen LogP contribution in [0.15, 0.2) is 65.8 Å². The number of rotatable bonds is 11. The fraction of sp³-hybridized carbons (Fsp3) is 0.440. The van der Waals surface area contributed by atoms with Crippen molar-refractivity contribution >= 4 is 11.9 Å². The number of azide groups is 1. The van der Waals surface area contributed by atoms with Gasteiger partial charge in [0.05, 0.1) is 51.5 Å². The van der Waals surface area contributed by atoms with Crippen molar-refractivity contribution in [2.24, 2.45) is 5.11 Å². The topological polar surface area (TPSA) is 132 Å². The molecule has 1 saturated heterocycles. The Balaban J connectivity index is 1.93. The first-order chi connectivity index (χ1) is 17.0. The van der Waals surface area contributed by atoms with Crippen molar-refractivity contribution in [1.29, 1.82) is 0 Å². The van der Waals surface area contributed by atoms with Crippen molar-refractivity contribution < 1.29 is 28.5 Å². The van der Waals surface area contributed by atoms with Gasteiger partial charge in [0.25, 0.3) is 0 Å². The van der Waals surface area contributed by atoms with Gasteiger partial charge < -0.3 is 24.3 Å². The number of hydrogen-bond acceptors (Lipinski definition) is 7. The Hall–Kier alpha value is -3.43. The number of nitrogens with zero attached hydrogens (tertiary/aromatic N) is 3. The lowest BCUT2D eigenvalue weighted by molar-refractivity contribution is -0.220. The Bertz CT molecular complexity index is 1000. The quantitative estimate of drug-likeness (QED) is 0.226. The predicted octanol–water partition coefficient (Wildman–Crippen LogP) is 3.30. The molecule has 0 bridgehead atoms. The Morgan fingerprint density at radius 1 is 0.971 bits per heavy atom. The zero-order valence-corrected chi connectivity index (χ0v) is 19.8. The molecule has 1 N–H and O–H groups in total. The maximum Gasteiger partial charge on any atom is 0.308 e. The molecule has 5 atom stereocenters. The van der Waals surface area contributed by atoms with Gasteiger partial charge in [0.2, 0.25) is 5.91 Å². The number of amides is 1. The third kappa shape index (κ3) is 7.80. The first-order valence-electron chi connectivity index (χ1n) is 11.3. The Morgan fingerprint density at radius 2 is 1.54 bits per heavy atom. The molecule has 3 rings (SSSR count). The molecule has 0 aromatic heterocycles. The van der Waals surface area contributed by atoms with Gasteiger partial charge in [-0.25, -0.2) is 0 Å². The summed E-state index contributed by atoms with van der Waals surface area (Å²) in [5.74, 6) is -0.810. The van der Waals surface area contributed by atoms with E-state index in [1.807, 2.05) is 60.7 Å². The number of nitrogens with one attached hydrogen (secondary N) is 1. The molecule has 0 saturated carbocycles. The maximum absolute atomic E-state index is 12.1. The van der Waals surface area contributed by atoms with Crippen LogP contribution >= 0.6 is 0 Å². The van der Waals surface area contributed by atoms with Crippen molar-refractivity contribution in [3.05, 3.63) is 82.2 Å². The Labute approximate surface area is 204 Å². The molecule has 1 amide bonds. The standard InChI is InChI=1S/C25H30N4O6/c1-17(30)28-23-20(13-22(31)32-2)35-21(14-27-29-26)24(33-15-18-9-5-3-6-10-18)25(23)34-16-19-11-7-4-8-12-19/h3-12,20-21,23-25H,13-16H2,1-2H3,(H,28,30)/t20-,21-,23+,24-,25-/m1/s1. The van der Waals surface area contributed by atoms with Gasteiger partial charge in [0, 0.05) is 11.8 Å². The largest absolute Gasteiger partial charge is 0.469 e. The molecule has 2 aromatic rings. The normalized spacial score (nSPS) is 23.7. The molecule has 0 unspecified atom stereocenters. The zero-order valence-electron chi connectivity index (χ0n) is 19.8. The lowest BCUT2D eigenvalue weighted by atomic mass is 9.90. The van der Waals surface area contributed by atoms with Crippen LogP contribution in [-0.4, -0.2) is 56.0 Å². The van der Waals surface area contributed by atoms with Gasteiger partial charge in [-0.05, 0) is 16.7 Å². The van der Waals surface area contributed by atoms with E-state index in [-0.39, 0.29) is 32.1 Å². The molecular weight excluding hydrogens is 452 g/mol. The summed E-state index contributed by atoms with van der Waals surface area (Å²) in [5, 5.41) is 6.56. The van der Waals surface area contributed by atoms with Gasteiger partial charge in [-0.3, -0.25) is 9.59 Å². The highest BCUT2D eigenvalue weighted by atomic mass is 16.6. The van der Waals surface area contributed by atoms with Gasteiger partial charge >= 0.3 is 5.97 Å². The van der Waals surface area contributed by atoms with Crippen LogP contribution in [0.4, 0.5) is 0 Å². The number of methoxy groups -OCH3 is 1. The minimum absolute atomic E-state index is 0.0361. The van der Waals surface area contributed by atoms with Gasteiger partial charge in [-0.1, -0.05) is 65.8 Å². The van der Waals surface area contributed by atoms with Gasteiger partial charge in [-0.15, -0.1) is 0 Å². The predicted molar refractivity (Wildman–Crippen MR) is 127 cm³/mol. The van der Waals surface area contributed by atoms with Gasteiger partial charge in [-0.2, -0.15) is 0 Å². The molecular formula is C25H30N4O6. The molecule has 2 aromatic carbocycles. The van der Waals surface area contributed by atoms with Gasteiger partial charge in [0.1, 0.15) is 12.2 Å². The van der Waals surface area contributed by atoms with Crippen molar-refractivity contribution in [3.63, 3.8) is 0 Å². The molecule has 10 heteroatoms. The average Bonchev–Trinajstić information content (AvgIpc) is 2.87. The second kappa shape index (κ2) is 13.5. The molecule has 0 spiro atoms. The molecule has 0 radical (unpaired) electrons. The van der Waals surface area contributed by atoms with Crippen molar-refractivity contribution in [2.75, 3.05) is 13.7 Å². The summed E-state index contributed by atoms with van der Waals surface area (Å²) in [6.07, 6.45) is -3.01. The number of benzene rings is 2. The summed E-state index contributed by atoms with van der Waals surface area (Å²) in [6, 6.07) is 18.4. The summed E-state index contributed by atoms with van der Waals surface area (Å²) in [5.41, 5.74) is 10.8. The summed E-state index contributed by atoms with van der Waals surface area (Å²) in [6.45, 7) is 1.84. The molecule has 186 valence electrons. The maximum atomic E-state index is 12.1. The van der Waals surface area contributed by atoms with Gasteiger partial charge in [0.15, 0.2) is 0 Å². The average molecular weight is 483 g/mol. The van der Waals surface area contributed by atoms with E-state index < -0.39 is 36.4 Å². The Morgan fingerprint density at radius 3 is 2.06 bits per heavy atom. The molecule has 1 heterocycles. The van der Waals surface area contributed by atoms with E-state index in [2.05, 4.69) is 15.3 Å². The van der Waals surface area contributed by atoms with Crippen LogP contribution in [0.25, 0.3) is 10.4 Å². The number of hydrogen-bond donors (Lipinski definition) is 1. The zero-order chi connectivity index (χ0) is 25.0. The number of ether oxygens (including phenoxy) is 4. The van der Waals surface area contributed by atoms with Crippen LogP contribution < -0.4 is 5.32 Å². The Kier molecular flexibility index (Phi) is 10.1. The number of carbonyl (C=O) groups excluding carboxylic acids is 2. The first-order valence-corrected chi connectivity index (χ1v) is 11.3. The van der Waals surface area contributed by atoms with Crippen LogP contribution in [0.5, 0.6) is 0 Å². The third-order valence-corrected chi connectivity index (χ3v) is 5.66. The molecule has 10 nitrogen and oxygen atoms in total. The molecule has 1 fully saturated rings. The van der Waals surface area contributed by atoms with E-state index >= 15 is 0 Å². The first kappa shape index (κ1) is 26.2. The minimum Gasteiger partial charge on any atom is -0.469 e. The van der Waals surface area contributed by atoms with Crippen molar-refractivity contribution in [1.82, 2.24) is 5.32 Å². The molecule has 1 aliphatic rings. The second-order valence-corrected chi connectivity index (χ2v) is 8.16. The van der Waals surface area contributed by atoms with Crippen LogP contribution in [0.3, 0.4) is 0 Å². The smallest absolute Gasteiger partial charge is 0.308 e. The van der Waals surface area contributed by atoms with Crippen LogP contribution in [0.2, 0.25) is 0 Å². The van der Waals surface area contributed by atoms with Crippen LogP contribution in [-0.2, 0) is 41.8 Å². The summed E-state index contributed by atoms with van der Waals surface area (Å²) < 4.78 is 23.6. The summed E-state index contributed by atoms with van der Waals surface area (Å²) in [7, 11) is 1.28. The lowest BCUT2D eigenvalue weighted by Gasteiger charge is -2.46. The monoisotopic (exact) mass is 482 g/mol. The number of carbonyl (C=O) groups is 2. The van der Waals surface area contributed by atoms with Crippen LogP contribution in [0.1, 0.15) is 24.5 Å². The second-order valence-electron chi connectivity index (χ2n) is 8.16. The van der Waals surface area contributed by atoms with E-state index in [0.717, 1.165) is 11.1 Å². The highest BCUT2D eigenvalue weighted by molar-refractivity contribution is 5.74. The number of esters is 1. The molecule has 1 aliphatic heterocycles. The van der Waals surface area contributed by atoms with E-state index in [1.165, 1.54) is 14.0 Å². The van der Waals surface area contributed by atoms with E-state index in [9.17, 15) is 9.59 Å². The SMILES string of the molecule is COC(=O)C[C@H]1O[C@H](CN=[N+]=[N-])[C@@H](OCc2ccccc2)[C@H](OCc2ccccc2)[C@H]1NC(C)=O. The molecule has 0 aliphatic carbocycles. The lowest BCUT2D eigenvalue weighted by Crippen LogP contribution is -2.65. The van der Waals surface area contributed by atoms with E-state index in [1.54, 1.807) is 0 Å². The van der Waals surface area contributed by atoms with Crippen molar-refractivity contribution in [3.8, 4) is 0 Å². The highest BCUT2D eigenvalue weighted by Gasteiger charge is 2.48. The highest BCUT2D eigenvalue weighted by Crippen LogP contribution is 2.30. The van der Waals surface area contributed by atoms with Crippen molar-refractivity contribution in [2.45, 2.75) is 57.0 Å².